The highest BCUT2D eigenvalue weighted by atomic mass is 35.5. The lowest BCUT2D eigenvalue weighted by Crippen LogP contribution is -2.23. The summed E-state index contributed by atoms with van der Waals surface area (Å²) in [5.74, 6) is 0.505. The van der Waals surface area contributed by atoms with E-state index in [1.54, 1.807) is 31.2 Å². The molecule has 7 heteroatoms. The second kappa shape index (κ2) is 6.99. The summed E-state index contributed by atoms with van der Waals surface area (Å²) in [7, 11) is 0. The van der Waals surface area contributed by atoms with Crippen LogP contribution < -0.4 is 5.32 Å². The van der Waals surface area contributed by atoms with Gasteiger partial charge in [0.15, 0.2) is 11.6 Å². The molecule has 1 N–H and O–H groups in total. The van der Waals surface area contributed by atoms with Crippen LogP contribution in [-0.2, 0) is 11.3 Å². The minimum absolute atomic E-state index is 0.101. The van der Waals surface area contributed by atoms with Crippen molar-refractivity contribution in [1.29, 1.82) is 0 Å². The van der Waals surface area contributed by atoms with Crippen molar-refractivity contribution in [2.75, 3.05) is 0 Å². The first kappa shape index (κ1) is 15.2. The topological polar surface area (TPSA) is 85.1 Å². The van der Waals surface area contributed by atoms with Crippen LogP contribution in [0.25, 0.3) is 0 Å². The normalized spacial score (nSPS) is 10.4. The van der Waals surface area contributed by atoms with Gasteiger partial charge in [-0.3, -0.25) is 9.59 Å². The molecular formula is C14H14ClN3O3. The monoisotopic (exact) mass is 307 g/mol. The molecule has 0 radical (unpaired) electrons. The third-order valence-corrected chi connectivity index (χ3v) is 3.00. The molecular weight excluding hydrogens is 294 g/mol. The number of aryl methyl sites for hydroxylation is 1. The molecule has 0 aliphatic carbocycles. The van der Waals surface area contributed by atoms with Gasteiger partial charge < -0.3 is 9.84 Å². The van der Waals surface area contributed by atoms with Crippen LogP contribution in [0.4, 0.5) is 0 Å². The van der Waals surface area contributed by atoms with Gasteiger partial charge in [0.2, 0.25) is 11.8 Å². The zero-order chi connectivity index (χ0) is 15.2. The average Bonchev–Trinajstić information content (AvgIpc) is 2.89. The number of nitrogens with zero attached hydrogens (tertiary/aromatic N) is 2. The van der Waals surface area contributed by atoms with Crippen molar-refractivity contribution in [2.24, 2.45) is 0 Å². The van der Waals surface area contributed by atoms with Crippen molar-refractivity contribution >= 4 is 23.3 Å². The minimum Gasteiger partial charge on any atom is -0.347 e. The van der Waals surface area contributed by atoms with Gasteiger partial charge >= 0.3 is 0 Å². The number of carbonyl (C=O) groups excluding carboxylic acids is 2. The van der Waals surface area contributed by atoms with E-state index >= 15 is 0 Å². The number of Topliss-reactive ketones (excluding diaryl/α,β-unsaturated/α-hetero) is 1. The van der Waals surface area contributed by atoms with Gasteiger partial charge in [-0.2, -0.15) is 4.98 Å². The fourth-order valence-corrected chi connectivity index (χ4v) is 1.81. The Morgan fingerprint density at radius 3 is 2.57 bits per heavy atom. The summed E-state index contributed by atoms with van der Waals surface area (Å²) < 4.78 is 4.87. The number of nitrogens with one attached hydrogen (secondary N) is 1. The number of hydrogen-bond acceptors (Lipinski definition) is 5. The van der Waals surface area contributed by atoms with E-state index in [2.05, 4.69) is 15.5 Å². The van der Waals surface area contributed by atoms with Crippen molar-refractivity contribution < 1.29 is 14.1 Å². The third kappa shape index (κ3) is 4.68. The summed E-state index contributed by atoms with van der Waals surface area (Å²) in [5, 5.41) is 6.80. The van der Waals surface area contributed by atoms with E-state index in [1.807, 2.05) is 0 Å². The second-order valence-corrected chi connectivity index (χ2v) is 4.88. The standard InChI is InChI=1S/C14H14ClN3O3/c1-9-17-14(21-18-9)8-16-13(20)7-6-12(19)10-2-4-11(15)5-3-10/h2-5H,6-8H2,1H3,(H,16,20). The Labute approximate surface area is 126 Å². The van der Waals surface area contributed by atoms with Gasteiger partial charge in [-0.25, -0.2) is 0 Å². The van der Waals surface area contributed by atoms with Crippen LogP contribution in [0.2, 0.25) is 5.02 Å². The molecule has 21 heavy (non-hydrogen) atoms. The third-order valence-electron chi connectivity index (χ3n) is 2.75. The van der Waals surface area contributed by atoms with Gasteiger partial charge in [-0.1, -0.05) is 16.8 Å². The first-order valence-electron chi connectivity index (χ1n) is 6.39. The first-order chi connectivity index (χ1) is 10.0. The van der Waals surface area contributed by atoms with Crippen molar-refractivity contribution in [3.8, 4) is 0 Å². The van der Waals surface area contributed by atoms with E-state index < -0.39 is 0 Å². The van der Waals surface area contributed by atoms with Crippen molar-refractivity contribution in [3.05, 3.63) is 46.6 Å². The number of benzene rings is 1. The SMILES string of the molecule is Cc1noc(CNC(=O)CCC(=O)c2ccc(Cl)cc2)n1. The Bertz CT molecular complexity index is 637. The quantitative estimate of drug-likeness (QED) is 0.828. The molecule has 0 unspecified atom stereocenters. The number of aromatic nitrogens is 2. The van der Waals surface area contributed by atoms with Crippen LogP contribution >= 0.6 is 11.6 Å². The van der Waals surface area contributed by atoms with Crippen LogP contribution in [0.15, 0.2) is 28.8 Å². The van der Waals surface area contributed by atoms with Crippen molar-refractivity contribution in [1.82, 2.24) is 15.5 Å². The number of amides is 1. The summed E-state index contributed by atoms with van der Waals surface area (Å²) in [6, 6.07) is 6.58. The Hall–Kier alpha value is -2.21. The molecule has 110 valence electrons. The van der Waals surface area contributed by atoms with E-state index in [-0.39, 0.29) is 31.1 Å². The smallest absolute Gasteiger partial charge is 0.246 e. The minimum atomic E-state index is -0.242. The molecule has 1 aromatic carbocycles. The molecule has 0 fully saturated rings. The molecule has 0 bridgehead atoms. The van der Waals surface area contributed by atoms with E-state index in [1.165, 1.54) is 0 Å². The van der Waals surface area contributed by atoms with E-state index in [0.29, 0.717) is 22.3 Å². The number of ketones is 1. The molecule has 0 aliphatic rings. The number of carbonyl (C=O) groups is 2. The van der Waals surface area contributed by atoms with E-state index in [0.717, 1.165) is 0 Å². The predicted octanol–water partition coefficient (Wildman–Crippen LogP) is 2.31. The Kier molecular flexibility index (Phi) is 5.05. The second-order valence-electron chi connectivity index (χ2n) is 4.44. The molecule has 0 spiro atoms. The molecule has 0 aliphatic heterocycles. The van der Waals surface area contributed by atoms with Crippen LogP contribution in [0.1, 0.15) is 34.9 Å². The maximum atomic E-state index is 11.9. The Morgan fingerprint density at radius 1 is 1.24 bits per heavy atom. The molecule has 2 aromatic rings. The lowest BCUT2D eigenvalue weighted by atomic mass is 10.1. The molecule has 2 rings (SSSR count). The predicted molar refractivity (Wildman–Crippen MR) is 75.9 cm³/mol. The van der Waals surface area contributed by atoms with Gasteiger partial charge in [0.1, 0.15) is 0 Å². The van der Waals surface area contributed by atoms with E-state index in [4.69, 9.17) is 16.1 Å². The fourth-order valence-electron chi connectivity index (χ4n) is 1.68. The van der Waals surface area contributed by atoms with Gasteiger partial charge in [0, 0.05) is 23.4 Å². The number of rotatable bonds is 6. The number of hydrogen-bond donors (Lipinski definition) is 1. The first-order valence-corrected chi connectivity index (χ1v) is 6.77. The molecule has 1 heterocycles. The maximum Gasteiger partial charge on any atom is 0.246 e. The molecule has 0 atom stereocenters. The summed E-state index contributed by atoms with van der Waals surface area (Å²) in [5.41, 5.74) is 0.541. The summed E-state index contributed by atoms with van der Waals surface area (Å²) in [4.78, 5) is 27.5. The van der Waals surface area contributed by atoms with Gasteiger partial charge in [-0.15, -0.1) is 0 Å². The van der Waals surface area contributed by atoms with Crippen molar-refractivity contribution in [3.63, 3.8) is 0 Å². The average molecular weight is 308 g/mol. The highest BCUT2D eigenvalue weighted by molar-refractivity contribution is 6.30. The highest BCUT2D eigenvalue weighted by Gasteiger charge is 2.10. The van der Waals surface area contributed by atoms with Crippen molar-refractivity contribution in [2.45, 2.75) is 26.3 Å². The van der Waals surface area contributed by atoms with Crippen LogP contribution in [0.3, 0.4) is 0 Å². The van der Waals surface area contributed by atoms with Crippen LogP contribution in [0, 0.1) is 6.92 Å². The van der Waals surface area contributed by atoms with Crippen LogP contribution in [-0.4, -0.2) is 21.8 Å². The van der Waals surface area contributed by atoms with E-state index in [9.17, 15) is 9.59 Å². The van der Waals surface area contributed by atoms with Gasteiger partial charge in [0.25, 0.3) is 0 Å². The molecule has 6 nitrogen and oxygen atoms in total. The van der Waals surface area contributed by atoms with Crippen LogP contribution in [0.5, 0.6) is 0 Å². The summed E-state index contributed by atoms with van der Waals surface area (Å²) in [6.45, 7) is 1.86. The Balaban J connectivity index is 1.75. The highest BCUT2D eigenvalue weighted by Crippen LogP contribution is 2.11. The maximum absolute atomic E-state index is 11.9. The number of halogens is 1. The lowest BCUT2D eigenvalue weighted by molar-refractivity contribution is -0.121. The summed E-state index contributed by atoms with van der Waals surface area (Å²) >= 11 is 5.75. The van der Waals surface area contributed by atoms with Gasteiger partial charge in [0.05, 0.1) is 6.54 Å². The zero-order valence-corrected chi connectivity index (χ0v) is 12.2. The largest absolute Gasteiger partial charge is 0.347 e. The molecule has 1 aromatic heterocycles. The lowest BCUT2D eigenvalue weighted by Gasteiger charge is -2.03. The Morgan fingerprint density at radius 2 is 1.95 bits per heavy atom. The molecule has 0 saturated carbocycles. The summed E-state index contributed by atoms with van der Waals surface area (Å²) in [6.07, 6.45) is 0.241. The molecule has 0 saturated heterocycles. The molecule has 1 amide bonds. The van der Waals surface area contributed by atoms with Gasteiger partial charge in [-0.05, 0) is 31.2 Å². The fraction of sp³-hybridized carbons (Fsp3) is 0.286. The zero-order valence-electron chi connectivity index (χ0n) is 11.4.